The van der Waals surface area contributed by atoms with Crippen LogP contribution in [0.15, 0.2) is 24.3 Å². The van der Waals surface area contributed by atoms with Gasteiger partial charge in [-0.15, -0.1) is 0 Å². The Hall–Kier alpha value is -1.42. The number of nitrogens with one attached hydrogen (secondary N) is 2. The van der Waals surface area contributed by atoms with E-state index < -0.39 is 0 Å². The Morgan fingerprint density at radius 3 is 3.06 bits per heavy atom. The summed E-state index contributed by atoms with van der Waals surface area (Å²) < 4.78 is 13.0. The third-order valence-electron chi connectivity index (χ3n) is 3.23. The maximum atomic E-state index is 13.0. The van der Waals surface area contributed by atoms with Gasteiger partial charge in [-0.1, -0.05) is 12.1 Å². The highest BCUT2D eigenvalue weighted by atomic mass is 19.1. The van der Waals surface area contributed by atoms with Crippen molar-refractivity contribution >= 4 is 5.91 Å². The van der Waals surface area contributed by atoms with E-state index in [4.69, 9.17) is 0 Å². The van der Waals surface area contributed by atoms with E-state index in [-0.39, 0.29) is 23.8 Å². The Morgan fingerprint density at radius 2 is 2.39 bits per heavy atom. The molecule has 1 saturated heterocycles. The molecule has 3 nitrogen and oxygen atoms in total. The minimum atomic E-state index is -0.192. The number of benzene rings is 1. The van der Waals surface area contributed by atoms with Gasteiger partial charge in [0, 0.05) is 25.0 Å². The highest BCUT2D eigenvalue weighted by molar-refractivity contribution is 5.78. The van der Waals surface area contributed by atoms with Gasteiger partial charge in [0.25, 0.3) is 0 Å². The number of carbonyl (C=O) groups is 1. The Morgan fingerprint density at radius 1 is 1.56 bits per heavy atom. The molecule has 1 fully saturated rings. The number of carbonyl (C=O) groups excluding carboxylic acids is 1. The largest absolute Gasteiger partial charge is 0.352 e. The van der Waals surface area contributed by atoms with Crippen LogP contribution < -0.4 is 10.6 Å². The summed E-state index contributed by atoms with van der Waals surface area (Å²) >= 11 is 0. The summed E-state index contributed by atoms with van der Waals surface area (Å²) in [4.78, 5) is 11.0. The van der Waals surface area contributed by atoms with Crippen LogP contribution in [0.4, 0.5) is 4.39 Å². The lowest BCUT2D eigenvalue weighted by molar-refractivity contribution is -0.119. The first-order chi connectivity index (χ1) is 8.63. The maximum Gasteiger partial charge on any atom is 0.220 e. The van der Waals surface area contributed by atoms with Crippen LogP contribution in [-0.4, -0.2) is 24.5 Å². The first kappa shape index (κ1) is 13.0. The Balaban J connectivity index is 1.75. The third-order valence-corrected chi connectivity index (χ3v) is 3.23. The predicted octanol–water partition coefficient (Wildman–Crippen LogP) is 1.62. The summed E-state index contributed by atoms with van der Waals surface area (Å²) in [5.74, 6) is -0.0534. The number of hydrogen-bond donors (Lipinski definition) is 2. The monoisotopic (exact) mass is 250 g/mol. The third kappa shape index (κ3) is 3.81. The number of hydrogen-bond acceptors (Lipinski definition) is 2. The minimum Gasteiger partial charge on any atom is -0.352 e. The molecule has 98 valence electrons. The van der Waals surface area contributed by atoms with Crippen molar-refractivity contribution in [3.8, 4) is 0 Å². The summed E-state index contributed by atoms with van der Waals surface area (Å²) in [5.41, 5.74) is 0.991. The van der Waals surface area contributed by atoms with Crippen molar-refractivity contribution in [2.24, 2.45) is 0 Å². The van der Waals surface area contributed by atoms with Crippen molar-refractivity contribution in [3.05, 3.63) is 35.6 Å². The SMILES string of the molecule is CC(Cc1cccc(F)c1)NCC1CCC(=O)N1. The van der Waals surface area contributed by atoms with Crippen molar-refractivity contribution in [2.45, 2.75) is 38.3 Å². The molecule has 1 aliphatic heterocycles. The van der Waals surface area contributed by atoms with Crippen molar-refractivity contribution < 1.29 is 9.18 Å². The van der Waals surface area contributed by atoms with Gasteiger partial charge in [-0.05, 0) is 37.5 Å². The smallest absolute Gasteiger partial charge is 0.220 e. The average molecular weight is 250 g/mol. The van der Waals surface area contributed by atoms with Crippen molar-refractivity contribution in [1.29, 1.82) is 0 Å². The number of amides is 1. The van der Waals surface area contributed by atoms with E-state index in [2.05, 4.69) is 17.6 Å². The highest BCUT2D eigenvalue weighted by Gasteiger charge is 2.20. The molecule has 1 aromatic carbocycles. The number of halogens is 1. The van der Waals surface area contributed by atoms with Gasteiger partial charge in [-0.3, -0.25) is 4.79 Å². The zero-order valence-corrected chi connectivity index (χ0v) is 10.6. The second kappa shape index (κ2) is 5.96. The zero-order valence-electron chi connectivity index (χ0n) is 10.6. The van der Waals surface area contributed by atoms with Gasteiger partial charge in [0.15, 0.2) is 0 Å². The zero-order chi connectivity index (χ0) is 13.0. The Bertz CT molecular complexity index is 422. The molecule has 1 aliphatic rings. The first-order valence-electron chi connectivity index (χ1n) is 6.40. The molecule has 1 aromatic rings. The minimum absolute atomic E-state index is 0.139. The molecule has 1 amide bonds. The highest BCUT2D eigenvalue weighted by Crippen LogP contribution is 2.08. The van der Waals surface area contributed by atoms with Crippen molar-refractivity contribution in [1.82, 2.24) is 10.6 Å². The topological polar surface area (TPSA) is 41.1 Å². The average Bonchev–Trinajstić information content (AvgIpc) is 2.73. The Labute approximate surface area is 107 Å². The summed E-state index contributed by atoms with van der Waals surface area (Å²) in [6.07, 6.45) is 2.32. The molecule has 2 N–H and O–H groups in total. The van der Waals surface area contributed by atoms with Crippen LogP contribution in [-0.2, 0) is 11.2 Å². The molecule has 2 unspecified atom stereocenters. The van der Waals surface area contributed by atoms with Gasteiger partial charge in [0.1, 0.15) is 5.82 Å². The van der Waals surface area contributed by atoms with Gasteiger partial charge in [0.05, 0.1) is 0 Å². The van der Waals surface area contributed by atoms with E-state index in [9.17, 15) is 9.18 Å². The molecule has 0 aliphatic carbocycles. The van der Waals surface area contributed by atoms with Gasteiger partial charge in [-0.2, -0.15) is 0 Å². The van der Waals surface area contributed by atoms with Crippen molar-refractivity contribution in [3.63, 3.8) is 0 Å². The van der Waals surface area contributed by atoms with Crippen LogP contribution in [0, 0.1) is 5.82 Å². The standard InChI is InChI=1S/C14H19FN2O/c1-10(7-11-3-2-4-12(15)8-11)16-9-13-5-6-14(18)17-13/h2-4,8,10,13,16H,5-7,9H2,1H3,(H,17,18). The van der Waals surface area contributed by atoms with E-state index >= 15 is 0 Å². The second-order valence-electron chi connectivity index (χ2n) is 4.95. The first-order valence-corrected chi connectivity index (χ1v) is 6.40. The number of rotatable bonds is 5. The van der Waals surface area contributed by atoms with E-state index in [0.717, 1.165) is 24.9 Å². The van der Waals surface area contributed by atoms with Crippen LogP contribution in [0.25, 0.3) is 0 Å². The normalized spacial score (nSPS) is 20.8. The fourth-order valence-corrected chi connectivity index (χ4v) is 2.26. The summed E-state index contributed by atoms with van der Waals surface area (Å²) in [6.45, 7) is 2.85. The molecule has 2 atom stereocenters. The quantitative estimate of drug-likeness (QED) is 0.834. The molecule has 0 aromatic heterocycles. The lowest BCUT2D eigenvalue weighted by Gasteiger charge is -2.17. The van der Waals surface area contributed by atoms with E-state index in [1.54, 1.807) is 12.1 Å². The van der Waals surface area contributed by atoms with Crippen LogP contribution in [0.5, 0.6) is 0 Å². The summed E-state index contributed by atoms with van der Waals surface area (Å²) in [5, 5.41) is 6.30. The molecule has 4 heteroatoms. The molecule has 0 radical (unpaired) electrons. The summed E-state index contributed by atoms with van der Waals surface area (Å²) in [6, 6.07) is 7.19. The molecular formula is C14H19FN2O. The molecule has 0 saturated carbocycles. The maximum absolute atomic E-state index is 13.0. The van der Waals surface area contributed by atoms with Crippen LogP contribution in [0.3, 0.4) is 0 Å². The van der Waals surface area contributed by atoms with Crippen LogP contribution >= 0.6 is 0 Å². The van der Waals surface area contributed by atoms with Crippen LogP contribution in [0.2, 0.25) is 0 Å². The van der Waals surface area contributed by atoms with E-state index in [1.807, 2.05) is 6.07 Å². The Kier molecular flexibility index (Phi) is 4.31. The lowest BCUT2D eigenvalue weighted by atomic mass is 10.1. The van der Waals surface area contributed by atoms with Gasteiger partial charge < -0.3 is 10.6 Å². The molecule has 18 heavy (non-hydrogen) atoms. The second-order valence-corrected chi connectivity index (χ2v) is 4.95. The van der Waals surface area contributed by atoms with E-state index in [0.29, 0.717) is 6.42 Å². The lowest BCUT2D eigenvalue weighted by Crippen LogP contribution is -2.40. The molecule has 0 spiro atoms. The van der Waals surface area contributed by atoms with Crippen molar-refractivity contribution in [2.75, 3.05) is 6.54 Å². The fraction of sp³-hybridized carbons (Fsp3) is 0.500. The fourth-order valence-electron chi connectivity index (χ4n) is 2.26. The van der Waals surface area contributed by atoms with Gasteiger partial charge in [0.2, 0.25) is 5.91 Å². The van der Waals surface area contributed by atoms with Gasteiger partial charge >= 0.3 is 0 Å². The predicted molar refractivity (Wildman–Crippen MR) is 68.7 cm³/mol. The van der Waals surface area contributed by atoms with E-state index in [1.165, 1.54) is 6.07 Å². The molecule has 0 bridgehead atoms. The van der Waals surface area contributed by atoms with Crippen LogP contribution in [0.1, 0.15) is 25.3 Å². The van der Waals surface area contributed by atoms with Gasteiger partial charge in [-0.25, -0.2) is 4.39 Å². The molecular weight excluding hydrogens is 231 g/mol. The molecule has 1 heterocycles. The molecule has 2 rings (SSSR count). The summed E-state index contributed by atoms with van der Waals surface area (Å²) in [7, 11) is 0.